The molecule has 1 aliphatic carbocycles. The first-order chi connectivity index (χ1) is 12.2. The lowest BCUT2D eigenvalue weighted by Crippen LogP contribution is -2.38. The Balaban J connectivity index is 1.49. The van der Waals surface area contributed by atoms with Gasteiger partial charge in [0.1, 0.15) is 5.75 Å². The zero-order valence-corrected chi connectivity index (χ0v) is 14.0. The van der Waals surface area contributed by atoms with Crippen LogP contribution in [0.3, 0.4) is 0 Å². The third kappa shape index (κ3) is 5.11. The van der Waals surface area contributed by atoms with Crippen molar-refractivity contribution >= 4 is 17.5 Å². The molecule has 1 fully saturated rings. The fourth-order valence-corrected chi connectivity index (χ4v) is 2.93. The fourth-order valence-electron chi connectivity index (χ4n) is 2.93. The molecule has 0 saturated heterocycles. The zero-order valence-electron chi connectivity index (χ0n) is 14.0. The minimum absolute atomic E-state index is 0.0356. The van der Waals surface area contributed by atoms with E-state index in [-0.39, 0.29) is 30.2 Å². The number of furan rings is 1. The van der Waals surface area contributed by atoms with Gasteiger partial charge in [-0.3, -0.25) is 9.59 Å². The molecule has 0 bridgehead atoms. The van der Waals surface area contributed by atoms with E-state index >= 15 is 0 Å². The summed E-state index contributed by atoms with van der Waals surface area (Å²) < 4.78 is 10.6. The average molecular weight is 342 g/mol. The zero-order chi connectivity index (χ0) is 17.5. The first-order valence-corrected chi connectivity index (χ1v) is 8.58. The maximum Gasteiger partial charge on any atom is 0.291 e. The molecule has 2 aromatic rings. The van der Waals surface area contributed by atoms with E-state index in [4.69, 9.17) is 9.15 Å². The predicted molar refractivity (Wildman–Crippen MR) is 93.6 cm³/mol. The molecule has 132 valence electrons. The number of anilines is 1. The standard InChI is InChI=1S/C19H22N2O4/c22-18(20-14-6-2-1-3-7-14)13-25-16-9-4-8-15(12-16)21-19(23)17-10-5-11-24-17/h4-5,8-12,14H,1-3,6-7,13H2,(H,20,22)(H,21,23). The highest BCUT2D eigenvalue weighted by molar-refractivity contribution is 6.02. The molecule has 6 heteroatoms. The maximum atomic E-state index is 12.0. The second-order valence-electron chi connectivity index (χ2n) is 6.15. The highest BCUT2D eigenvalue weighted by atomic mass is 16.5. The van der Waals surface area contributed by atoms with Crippen molar-refractivity contribution in [2.45, 2.75) is 38.1 Å². The molecule has 2 amide bonds. The Hall–Kier alpha value is -2.76. The van der Waals surface area contributed by atoms with Gasteiger partial charge in [-0.05, 0) is 37.1 Å². The maximum absolute atomic E-state index is 12.0. The summed E-state index contributed by atoms with van der Waals surface area (Å²) in [4.78, 5) is 23.9. The summed E-state index contributed by atoms with van der Waals surface area (Å²) in [6.07, 6.45) is 7.12. The number of rotatable bonds is 6. The number of hydrogen-bond donors (Lipinski definition) is 2. The average Bonchev–Trinajstić information content (AvgIpc) is 3.16. The second-order valence-corrected chi connectivity index (χ2v) is 6.15. The van der Waals surface area contributed by atoms with E-state index in [1.807, 2.05) is 0 Å². The van der Waals surface area contributed by atoms with Gasteiger partial charge < -0.3 is 19.8 Å². The Bertz CT molecular complexity index is 706. The van der Waals surface area contributed by atoms with E-state index in [1.165, 1.54) is 25.5 Å². The number of carbonyl (C=O) groups is 2. The lowest BCUT2D eigenvalue weighted by atomic mass is 9.95. The summed E-state index contributed by atoms with van der Waals surface area (Å²) in [5, 5.41) is 5.73. The van der Waals surface area contributed by atoms with Crippen molar-refractivity contribution in [3.05, 3.63) is 48.4 Å². The van der Waals surface area contributed by atoms with Crippen molar-refractivity contribution in [3.8, 4) is 5.75 Å². The molecule has 3 rings (SSSR count). The highest BCUT2D eigenvalue weighted by Crippen LogP contribution is 2.19. The Kier molecular flexibility index (Phi) is 5.72. The van der Waals surface area contributed by atoms with Gasteiger partial charge >= 0.3 is 0 Å². The number of amides is 2. The number of benzene rings is 1. The molecule has 1 aromatic carbocycles. The van der Waals surface area contributed by atoms with E-state index in [9.17, 15) is 9.59 Å². The summed E-state index contributed by atoms with van der Waals surface area (Å²) >= 11 is 0. The quantitative estimate of drug-likeness (QED) is 0.843. The van der Waals surface area contributed by atoms with Crippen molar-refractivity contribution in [2.24, 2.45) is 0 Å². The van der Waals surface area contributed by atoms with Gasteiger partial charge in [0.15, 0.2) is 12.4 Å². The second kappa shape index (κ2) is 8.37. The third-order valence-electron chi connectivity index (χ3n) is 4.18. The molecule has 2 N–H and O–H groups in total. The largest absolute Gasteiger partial charge is 0.484 e. The summed E-state index contributed by atoms with van der Waals surface area (Å²) in [7, 11) is 0. The van der Waals surface area contributed by atoms with Crippen LogP contribution in [0, 0.1) is 0 Å². The molecule has 0 radical (unpaired) electrons. The molecule has 6 nitrogen and oxygen atoms in total. The van der Waals surface area contributed by atoms with Crippen LogP contribution in [0.15, 0.2) is 47.1 Å². The van der Waals surface area contributed by atoms with Gasteiger partial charge in [0, 0.05) is 17.8 Å². The topological polar surface area (TPSA) is 80.6 Å². The van der Waals surface area contributed by atoms with Crippen molar-refractivity contribution in [1.82, 2.24) is 5.32 Å². The smallest absolute Gasteiger partial charge is 0.291 e. The first-order valence-electron chi connectivity index (χ1n) is 8.58. The molecule has 0 atom stereocenters. The normalized spacial score (nSPS) is 14.7. The van der Waals surface area contributed by atoms with Gasteiger partial charge in [0.05, 0.1) is 6.26 Å². The summed E-state index contributed by atoms with van der Waals surface area (Å²) in [6, 6.07) is 10.4. The molecule has 1 aliphatic rings. The molecule has 1 heterocycles. The molecular weight excluding hydrogens is 320 g/mol. The van der Waals surface area contributed by atoms with Crippen LogP contribution < -0.4 is 15.4 Å². The summed E-state index contributed by atoms with van der Waals surface area (Å²) in [6.45, 7) is -0.0356. The van der Waals surface area contributed by atoms with Crippen molar-refractivity contribution < 1.29 is 18.7 Å². The first kappa shape index (κ1) is 17.1. The van der Waals surface area contributed by atoms with E-state index in [2.05, 4.69) is 10.6 Å². The van der Waals surface area contributed by atoms with Gasteiger partial charge in [0.2, 0.25) is 0 Å². The molecule has 0 aliphatic heterocycles. The SMILES string of the molecule is O=C(COc1cccc(NC(=O)c2ccco2)c1)NC1CCCCC1. The van der Waals surface area contributed by atoms with Gasteiger partial charge in [-0.1, -0.05) is 25.3 Å². The molecule has 0 unspecified atom stereocenters. The minimum Gasteiger partial charge on any atom is -0.484 e. The van der Waals surface area contributed by atoms with Gasteiger partial charge in [0.25, 0.3) is 11.8 Å². The van der Waals surface area contributed by atoms with Crippen LogP contribution in [0.4, 0.5) is 5.69 Å². The minimum atomic E-state index is -0.336. The molecule has 1 saturated carbocycles. The molecule has 25 heavy (non-hydrogen) atoms. The Morgan fingerprint density at radius 2 is 1.96 bits per heavy atom. The van der Waals surface area contributed by atoms with Crippen molar-refractivity contribution in [1.29, 1.82) is 0 Å². The van der Waals surface area contributed by atoms with Gasteiger partial charge in [-0.15, -0.1) is 0 Å². The van der Waals surface area contributed by atoms with E-state index in [1.54, 1.807) is 36.4 Å². The van der Waals surface area contributed by atoms with Crippen LogP contribution in [0.25, 0.3) is 0 Å². The fraction of sp³-hybridized carbons (Fsp3) is 0.368. The molecule has 0 spiro atoms. The van der Waals surface area contributed by atoms with Crippen LogP contribution in [0.2, 0.25) is 0 Å². The van der Waals surface area contributed by atoms with E-state index in [0.717, 1.165) is 12.8 Å². The molecule has 1 aromatic heterocycles. The third-order valence-corrected chi connectivity index (χ3v) is 4.18. The number of hydrogen-bond acceptors (Lipinski definition) is 4. The van der Waals surface area contributed by atoms with Crippen LogP contribution in [0.5, 0.6) is 5.75 Å². The number of ether oxygens (including phenoxy) is 1. The molecular formula is C19H22N2O4. The lowest BCUT2D eigenvalue weighted by molar-refractivity contribution is -0.124. The number of nitrogens with one attached hydrogen (secondary N) is 2. The summed E-state index contributed by atoms with van der Waals surface area (Å²) in [5.74, 6) is 0.309. The van der Waals surface area contributed by atoms with Crippen molar-refractivity contribution in [2.75, 3.05) is 11.9 Å². The van der Waals surface area contributed by atoms with Crippen LogP contribution in [-0.2, 0) is 4.79 Å². The predicted octanol–water partition coefficient (Wildman–Crippen LogP) is 3.36. The Morgan fingerprint density at radius 3 is 2.72 bits per heavy atom. The van der Waals surface area contributed by atoms with Gasteiger partial charge in [-0.25, -0.2) is 0 Å². The van der Waals surface area contributed by atoms with E-state index < -0.39 is 0 Å². The summed E-state index contributed by atoms with van der Waals surface area (Å²) in [5.41, 5.74) is 0.576. The highest BCUT2D eigenvalue weighted by Gasteiger charge is 2.16. The van der Waals surface area contributed by atoms with E-state index in [0.29, 0.717) is 11.4 Å². The van der Waals surface area contributed by atoms with Gasteiger partial charge in [-0.2, -0.15) is 0 Å². The van der Waals surface area contributed by atoms with Crippen molar-refractivity contribution in [3.63, 3.8) is 0 Å². The van der Waals surface area contributed by atoms with Crippen LogP contribution in [-0.4, -0.2) is 24.5 Å². The Labute approximate surface area is 146 Å². The van der Waals surface area contributed by atoms with Crippen LogP contribution >= 0.6 is 0 Å². The number of carbonyl (C=O) groups excluding carboxylic acids is 2. The lowest BCUT2D eigenvalue weighted by Gasteiger charge is -2.22. The monoisotopic (exact) mass is 342 g/mol. The Morgan fingerprint density at radius 1 is 1.12 bits per heavy atom. The van der Waals surface area contributed by atoms with Crippen LogP contribution in [0.1, 0.15) is 42.7 Å².